The lowest BCUT2D eigenvalue weighted by Crippen LogP contribution is -2.27. The van der Waals surface area contributed by atoms with Crippen molar-refractivity contribution in [3.63, 3.8) is 0 Å². The van der Waals surface area contributed by atoms with Gasteiger partial charge in [-0.15, -0.1) is 0 Å². The molecule has 104 valence electrons. The topological polar surface area (TPSA) is 74.6 Å². The standard InChI is InChI=1S/C14H24O4/c1-4-7-8-9-14(5-2,6-3)11(13(17)18)10-12(15)16/h10H,4-9H2,1-3H3,(H,15,16)(H,17,18). The first-order valence-corrected chi connectivity index (χ1v) is 6.61. The maximum Gasteiger partial charge on any atom is 0.332 e. The van der Waals surface area contributed by atoms with Gasteiger partial charge < -0.3 is 10.2 Å². The van der Waals surface area contributed by atoms with E-state index in [4.69, 9.17) is 5.11 Å². The van der Waals surface area contributed by atoms with Crippen molar-refractivity contribution in [2.45, 2.75) is 59.3 Å². The van der Waals surface area contributed by atoms with E-state index in [9.17, 15) is 14.7 Å². The van der Waals surface area contributed by atoms with Gasteiger partial charge in [0.05, 0.1) is 5.57 Å². The number of carbonyl (C=O) groups is 2. The number of carboxylic acid groups (broad SMARTS) is 2. The molecule has 0 fully saturated rings. The molecule has 0 radical (unpaired) electrons. The van der Waals surface area contributed by atoms with E-state index in [1.807, 2.05) is 13.8 Å². The number of aliphatic carboxylic acids is 2. The van der Waals surface area contributed by atoms with Crippen molar-refractivity contribution < 1.29 is 19.8 Å². The van der Waals surface area contributed by atoms with E-state index in [0.717, 1.165) is 31.8 Å². The first kappa shape index (κ1) is 16.7. The van der Waals surface area contributed by atoms with Gasteiger partial charge in [-0.3, -0.25) is 0 Å². The molecule has 0 aliphatic carbocycles. The Hall–Kier alpha value is -1.32. The van der Waals surface area contributed by atoms with Gasteiger partial charge in [0.2, 0.25) is 0 Å². The normalized spacial score (nSPS) is 12.5. The highest BCUT2D eigenvalue weighted by molar-refractivity contribution is 5.95. The lowest BCUT2D eigenvalue weighted by Gasteiger charge is -2.32. The summed E-state index contributed by atoms with van der Waals surface area (Å²) in [5, 5.41) is 18.1. The van der Waals surface area contributed by atoms with E-state index in [-0.39, 0.29) is 5.57 Å². The van der Waals surface area contributed by atoms with Crippen molar-refractivity contribution in [1.29, 1.82) is 0 Å². The predicted molar refractivity (Wildman–Crippen MR) is 70.5 cm³/mol. The van der Waals surface area contributed by atoms with E-state index in [0.29, 0.717) is 12.8 Å². The molecule has 0 amide bonds. The molecule has 0 spiro atoms. The van der Waals surface area contributed by atoms with Gasteiger partial charge in [0, 0.05) is 11.5 Å². The summed E-state index contributed by atoms with van der Waals surface area (Å²) in [7, 11) is 0. The first-order valence-electron chi connectivity index (χ1n) is 6.61. The van der Waals surface area contributed by atoms with Crippen molar-refractivity contribution in [3.05, 3.63) is 11.6 Å². The third-order valence-corrected chi connectivity index (χ3v) is 3.68. The van der Waals surface area contributed by atoms with Gasteiger partial charge in [0.15, 0.2) is 0 Å². The molecular formula is C14H24O4. The second-order valence-corrected chi connectivity index (χ2v) is 4.65. The van der Waals surface area contributed by atoms with Crippen molar-refractivity contribution in [1.82, 2.24) is 0 Å². The summed E-state index contributed by atoms with van der Waals surface area (Å²) in [5.74, 6) is -2.30. The average molecular weight is 256 g/mol. The molecule has 4 nitrogen and oxygen atoms in total. The van der Waals surface area contributed by atoms with Crippen molar-refractivity contribution in [2.24, 2.45) is 5.41 Å². The Morgan fingerprint density at radius 1 is 1.06 bits per heavy atom. The zero-order chi connectivity index (χ0) is 14.2. The summed E-state index contributed by atoms with van der Waals surface area (Å²) in [5.41, 5.74) is -0.476. The van der Waals surface area contributed by atoms with Crippen LogP contribution in [0.1, 0.15) is 59.3 Å². The highest BCUT2D eigenvalue weighted by atomic mass is 16.4. The lowest BCUT2D eigenvalue weighted by molar-refractivity contribution is -0.136. The zero-order valence-corrected chi connectivity index (χ0v) is 11.5. The number of rotatable bonds is 9. The number of carboxylic acids is 2. The van der Waals surface area contributed by atoms with Crippen molar-refractivity contribution >= 4 is 11.9 Å². The van der Waals surface area contributed by atoms with Gasteiger partial charge in [0.1, 0.15) is 0 Å². The van der Waals surface area contributed by atoms with Crippen molar-refractivity contribution in [2.75, 3.05) is 0 Å². The van der Waals surface area contributed by atoms with E-state index < -0.39 is 17.4 Å². The van der Waals surface area contributed by atoms with Crippen LogP contribution in [-0.2, 0) is 9.59 Å². The van der Waals surface area contributed by atoms with Crippen LogP contribution in [0.5, 0.6) is 0 Å². The molecule has 0 aliphatic heterocycles. The highest BCUT2D eigenvalue weighted by Gasteiger charge is 2.34. The van der Waals surface area contributed by atoms with Crippen LogP contribution in [0.4, 0.5) is 0 Å². The van der Waals surface area contributed by atoms with Gasteiger partial charge in [-0.1, -0.05) is 40.0 Å². The third-order valence-electron chi connectivity index (χ3n) is 3.68. The Labute approximate surface area is 109 Å². The van der Waals surface area contributed by atoms with Crippen LogP contribution in [0.15, 0.2) is 11.6 Å². The van der Waals surface area contributed by atoms with Crippen LogP contribution in [0.3, 0.4) is 0 Å². The van der Waals surface area contributed by atoms with Crippen LogP contribution in [0.25, 0.3) is 0 Å². The van der Waals surface area contributed by atoms with Crippen LogP contribution >= 0.6 is 0 Å². The Bertz CT molecular complexity index is 314. The molecule has 0 aromatic carbocycles. The lowest BCUT2D eigenvalue weighted by atomic mass is 9.71. The molecule has 0 bridgehead atoms. The third kappa shape index (κ3) is 4.51. The molecule has 18 heavy (non-hydrogen) atoms. The minimum absolute atomic E-state index is 0.0381. The molecule has 0 saturated heterocycles. The van der Waals surface area contributed by atoms with Crippen LogP contribution < -0.4 is 0 Å². The van der Waals surface area contributed by atoms with Crippen LogP contribution in [0.2, 0.25) is 0 Å². The van der Waals surface area contributed by atoms with Crippen LogP contribution in [-0.4, -0.2) is 22.2 Å². The van der Waals surface area contributed by atoms with Gasteiger partial charge >= 0.3 is 11.9 Å². The Morgan fingerprint density at radius 3 is 1.94 bits per heavy atom. The molecular weight excluding hydrogens is 232 g/mol. The summed E-state index contributed by atoms with van der Waals surface area (Å²) in [4.78, 5) is 22.1. The maximum atomic E-state index is 11.3. The minimum atomic E-state index is -1.19. The smallest absolute Gasteiger partial charge is 0.332 e. The minimum Gasteiger partial charge on any atom is -0.478 e. The first-order chi connectivity index (χ1) is 8.43. The molecule has 0 rings (SSSR count). The molecule has 0 aromatic heterocycles. The number of unbranched alkanes of at least 4 members (excludes halogenated alkanes) is 2. The monoisotopic (exact) mass is 256 g/mol. The quantitative estimate of drug-likeness (QED) is 0.489. The summed E-state index contributed by atoms with van der Waals surface area (Å²) >= 11 is 0. The molecule has 0 heterocycles. The molecule has 0 saturated carbocycles. The Morgan fingerprint density at radius 2 is 1.61 bits per heavy atom. The van der Waals surface area contributed by atoms with E-state index in [1.54, 1.807) is 0 Å². The Balaban J connectivity index is 5.24. The second kappa shape index (κ2) is 7.90. The van der Waals surface area contributed by atoms with E-state index >= 15 is 0 Å². The summed E-state index contributed by atoms with van der Waals surface area (Å²) in [6.07, 6.45) is 5.94. The van der Waals surface area contributed by atoms with E-state index in [1.165, 1.54) is 0 Å². The largest absolute Gasteiger partial charge is 0.478 e. The Kier molecular flexibility index (Phi) is 7.32. The molecule has 2 N–H and O–H groups in total. The summed E-state index contributed by atoms with van der Waals surface area (Å²) in [6, 6.07) is 0. The average Bonchev–Trinajstić information content (AvgIpc) is 2.32. The number of hydrogen-bond acceptors (Lipinski definition) is 2. The van der Waals surface area contributed by atoms with Crippen molar-refractivity contribution in [3.8, 4) is 0 Å². The molecule has 0 atom stereocenters. The van der Waals surface area contributed by atoms with Crippen LogP contribution in [0, 0.1) is 5.41 Å². The fourth-order valence-corrected chi connectivity index (χ4v) is 2.40. The molecule has 0 aromatic rings. The predicted octanol–water partition coefficient (Wildman–Crippen LogP) is 3.47. The highest BCUT2D eigenvalue weighted by Crippen LogP contribution is 2.40. The SMILES string of the molecule is CCCCCC(CC)(CC)C(=CC(=O)O)C(=O)O. The molecule has 0 unspecified atom stereocenters. The zero-order valence-electron chi connectivity index (χ0n) is 11.5. The summed E-state index contributed by atoms with van der Waals surface area (Å²) in [6.45, 7) is 5.94. The summed E-state index contributed by atoms with van der Waals surface area (Å²) < 4.78 is 0. The molecule has 0 aliphatic rings. The van der Waals surface area contributed by atoms with Gasteiger partial charge in [0.25, 0.3) is 0 Å². The van der Waals surface area contributed by atoms with Gasteiger partial charge in [-0.25, -0.2) is 9.59 Å². The second-order valence-electron chi connectivity index (χ2n) is 4.65. The number of hydrogen-bond donors (Lipinski definition) is 2. The van der Waals surface area contributed by atoms with Gasteiger partial charge in [-0.2, -0.15) is 0 Å². The fraction of sp³-hybridized carbons (Fsp3) is 0.714. The van der Waals surface area contributed by atoms with Gasteiger partial charge in [-0.05, 0) is 19.3 Å². The maximum absolute atomic E-state index is 11.3. The fourth-order valence-electron chi connectivity index (χ4n) is 2.40. The molecule has 4 heteroatoms. The van der Waals surface area contributed by atoms with E-state index in [2.05, 4.69) is 6.92 Å².